The highest BCUT2D eigenvalue weighted by molar-refractivity contribution is 5.79. The van der Waals surface area contributed by atoms with Crippen molar-refractivity contribution in [3.8, 4) is 5.75 Å². The molecule has 1 aromatic carbocycles. The van der Waals surface area contributed by atoms with Gasteiger partial charge in [-0.2, -0.15) is 8.78 Å². The predicted octanol–water partition coefficient (Wildman–Crippen LogP) is 2.75. The fourth-order valence-electron chi connectivity index (χ4n) is 1.59. The van der Waals surface area contributed by atoms with Crippen LogP contribution in [0.2, 0.25) is 0 Å². The Hall–Kier alpha value is -1.85. The normalized spacial score (nSPS) is 11.6. The van der Waals surface area contributed by atoms with Crippen LogP contribution >= 0.6 is 0 Å². The van der Waals surface area contributed by atoms with E-state index in [1.165, 1.54) is 6.07 Å². The summed E-state index contributed by atoms with van der Waals surface area (Å²) in [7, 11) is 0. The number of guanidine groups is 1. The highest BCUT2D eigenvalue weighted by Gasteiger charge is 2.08. The van der Waals surface area contributed by atoms with Crippen molar-refractivity contribution in [3.05, 3.63) is 29.8 Å². The number of aliphatic imine (C=N–C) groups is 1. The van der Waals surface area contributed by atoms with Gasteiger partial charge in [-0.05, 0) is 19.4 Å². The highest BCUT2D eigenvalue weighted by Crippen LogP contribution is 2.20. The molecule has 0 aromatic heterocycles. The van der Waals surface area contributed by atoms with E-state index in [-0.39, 0.29) is 12.3 Å². The van der Waals surface area contributed by atoms with Gasteiger partial charge in [-0.15, -0.1) is 0 Å². The number of nitrogens with one attached hydrogen (secondary N) is 2. The van der Waals surface area contributed by atoms with E-state index in [2.05, 4.69) is 27.3 Å². The molecule has 0 saturated heterocycles. The average Bonchev–Trinajstić information content (AvgIpc) is 2.42. The molecule has 0 bridgehead atoms. The zero-order valence-corrected chi connectivity index (χ0v) is 11.8. The number of para-hydroxylation sites is 1. The van der Waals surface area contributed by atoms with Gasteiger partial charge in [-0.25, -0.2) is 4.99 Å². The molecule has 1 aromatic rings. The Morgan fingerprint density at radius 1 is 1.25 bits per heavy atom. The van der Waals surface area contributed by atoms with Crippen LogP contribution < -0.4 is 15.4 Å². The molecule has 0 atom stereocenters. The third-order valence-electron chi connectivity index (χ3n) is 2.48. The molecule has 0 unspecified atom stereocenters. The lowest BCUT2D eigenvalue weighted by Gasteiger charge is -2.12. The van der Waals surface area contributed by atoms with E-state index in [0.717, 1.165) is 19.5 Å². The van der Waals surface area contributed by atoms with Crippen LogP contribution in [0.5, 0.6) is 5.75 Å². The Labute approximate surface area is 118 Å². The number of benzene rings is 1. The zero-order chi connectivity index (χ0) is 14.8. The lowest BCUT2D eigenvalue weighted by molar-refractivity contribution is -0.0504. The third kappa shape index (κ3) is 5.86. The van der Waals surface area contributed by atoms with Crippen LogP contribution in [0.25, 0.3) is 0 Å². The van der Waals surface area contributed by atoms with Gasteiger partial charge in [0.15, 0.2) is 5.96 Å². The number of ether oxygens (including phenoxy) is 1. The molecule has 0 aliphatic heterocycles. The topological polar surface area (TPSA) is 45.7 Å². The summed E-state index contributed by atoms with van der Waals surface area (Å²) in [6, 6.07) is 6.68. The largest absolute Gasteiger partial charge is 0.434 e. The number of rotatable bonds is 7. The van der Waals surface area contributed by atoms with E-state index in [4.69, 9.17) is 0 Å². The van der Waals surface area contributed by atoms with E-state index < -0.39 is 6.61 Å². The molecule has 0 aliphatic rings. The van der Waals surface area contributed by atoms with Crippen LogP contribution in [0.15, 0.2) is 29.3 Å². The molecule has 112 valence electrons. The van der Waals surface area contributed by atoms with Crippen molar-refractivity contribution < 1.29 is 13.5 Å². The summed E-state index contributed by atoms with van der Waals surface area (Å²) in [6.45, 7) is 3.03. The second kappa shape index (κ2) is 9.12. The van der Waals surface area contributed by atoms with E-state index in [1.54, 1.807) is 18.2 Å². The fourth-order valence-corrected chi connectivity index (χ4v) is 1.59. The molecule has 2 N–H and O–H groups in total. The summed E-state index contributed by atoms with van der Waals surface area (Å²) < 4.78 is 29.1. The molecule has 0 spiro atoms. The summed E-state index contributed by atoms with van der Waals surface area (Å²) in [5, 5.41) is 6.25. The van der Waals surface area contributed by atoms with Crippen LogP contribution in [-0.2, 0) is 6.54 Å². The number of alkyl halides is 2. The van der Waals surface area contributed by atoms with E-state index in [9.17, 15) is 8.78 Å². The Balaban J connectivity index is 2.74. The first kappa shape index (κ1) is 16.2. The van der Waals surface area contributed by atoms with Gasteiger partial charge in [0, 0.05) is 18.7 Å². The molecular formula is C14H21F2N3O. The second-order valence-corrected chi connectivity index (χ2v) is 4.11. The van der Waals surface area contributed by atoms with Crippen molar-refractivity contribution in [2.24, 2.45) is 4.99 Å². The Morgan fingerprint density at radius 3 is 2.65 bits per heavy atom. The van der Waals surface area contributed by atoms with Crippen molar-refractivity contribution in [3.63, 3.8) is 0 Å². The van der Waals surface area contributed by atoms with Crippen LogP contribution in [0.3, 0.4) is 0 Å². The van der Waals surface area contributed by atoms with Gasteiger partial charge in [-0.1, -0.05) is 25.1 Å². The minimum Gasteiger partial charge on any atom is -0.434 e. The third-order valence-corrected chi connectivity index (χ3v) is 2.48. The van der Waals surface area contributed by atoms with Crippen molar-refractivity contribution >= 4 is 5.96 Å². The fraction of sp³-hybridized carbons (Fsp3) is 0.500. The van der Waals surface area contributed by atoms with Crippen molar-refractivity contribution in [1.82, 2.24) is 10.6 Å². The number of hydrogen-bond donors (Lipinski definition) is 2. The molecule has 0 amide bonds. The standard InChI is InChI=1S/C14H21F2N3O/c1-3-9-18-14(17-4-2)19-10-11-7-5-6-8-12(11)20-13(15)16/h5-8,13H,3-4,9-10H2,1-2H3,(H2,17,18,19). The maximum absolute atomic E-state index is 12.3. The molecule has 0 radical (unpaired) electrons. The molecular weight excluding hydrogens is 264 g/mol. The molecule has 0 fully saturated rings. The molecule has 0 aliphatic carbocycles. The smallest absolute Gasteiger partial charge is 0.387 e. The molecule has 6 heteroatoms. The lowest BCUT2D eigenvalue weighted by atomic mass is 10.2. The minimum absolute atomic E-state index is 0.164. The first-order chi connectivity index (χ1) is 9.67. The summed E-state index contributed by atoms with van der Waals surface area (Å²) >= 11 is 0. The summed E-state index contributed by atoms with van der Waals surface area (Å²) in [6.07, 6.45) is 0.982. The first-order valence-corrected chi connectivity index (χ1v) is 6.72. The van der Waals surface area contributed by atoms with E-state index in [1.807, 2.05) is 6.92 Å². The van der Waals surface area contributed by atoms with Gasteiger partial charge in [0.1, 0.15) is 5.75 Å². The molecule has 1 rings (SSSR count). The minimum atomic E-state index is -2.83. The average molecular weight is 285 g/mol. The SMILES string of the molecule is CCCNC(=NCc1ccccc1OC(F)F)NCC. The Morgan fingerprint density at radius 2 is 2.00 bits per heavy atom. The maximum Gasteiger partial charge on any atom is 0.387 e. The quantitative estimate of drug-likeness (QED) is 0.598. The molecule has 0 saturated carbocycles. The maximum atomic E-state index is 12.3. The number of hydrogen-bond acceptors (Lipinski definition) is 2. The van der Waals surface area contributed by atoms with Gasteiger partial charge < -0.3 is 15.4 Å². The van der Waals surface area contributed by atoms with Crippen LogP contribution in [0.4, 0.5) is 8.78 Å². The lowest BCUT2D eigenvalue weighted by Crippen LogP contribution is -2.37. The zero-order valence-electron chi connectivity index (χ0n) is 11.8. The monoisotopic (exact) mass is 285 g/mol. The van der Waals surface area contributed by atoms with Gasteiger partial charge in [-0.3, -0.25) is 0 Å². The first-order valence-electron chi connectivity index (χ1n) is 6.72. The molecule has 4 nitrogen and oxygen atoms in total. The van der Waals surface area contributed by atoms with E-state index in [0.29, 0.717) is 11.5 Å². The van der Waals surface area contributed by atoms with Crippen molar-refractivity contribution in [2.75, 3.05) is 13.1 Å². The molecule has 0 heterocycles. The summed E-state index contributed by atoms with van der Waals surface area (Å²) in [4.78, 5) is 4.36. The van der Waals surface area contributed by atoms with Gasteiger partial charge in [0.05, 0.1) is 6.54 Å². The van der Waals surface area contributed by atoms with Crippen LogP contribution in [0, 0.1) is 0 Å². The Bertz CT molecular complexity index is 425. The van der Waals surface area contributed by atoms with Gasteiger partial charge in [0.2, 0.25) is 0 Å². The van der Waals surface area contributed by atoms with Crippen LogP contribution in [-0.4, -0.2) is 25.7 Å². The van der Waals surface area contributed by atoms with Crippen molar-refractivity contribution in [2.45, 2.75) is 33.4 Å². The van der Waals surface area contributed by atoms with Gasteiger partial charge >= 0.3 is 6.61 Å². The number of nitrogens with zero attached hydrogens (tertiary/aromatic N) is 1. The highest BCUT2D eigenvalue weighted by atomic mass is 19.3. The molecule has 20 heavy (non-hydrogen) atoms. The second-order valence-electron chi connectivity index (χ2n) is 4.11. The number of halogens is 2. The van der Waals surface area contributed by atoms with Crippen LogP contribution in [0.1, 0.15) is 25.8 Å². The van der Waals surface area contributed by atoms with Crippen molar-refractivity contribution in [1.29, 1.82) is 0 Å². The van der Waals surface area contributed by atoms with E-state index >= 15 is 0 Å². The predicted molar refractivity (Wildman–Crippen MR) is 76.2 cm³/mol. The summed E-state index contributed by atoms with van der Waals surface area (Å²) in [5.41, 5.74) is 0.626. The summed E-state index contributed by atoms with van der Waals surface area (Å²) in [5.74, 6) is 0.832. The Kier molecular flexibility index (Phi) is 7.39. The van der Waals surface area contributed by atoms with Gasteiger partial charge in [0.25, 0.3) is 0 Å².